The monoisotopic (exact) mass is 210 g/mol. The molecular weight excluding hydrogens is 200 g/mol. The van der Waals surface area contributed by atoms with Crippen LogP contribution >= 0.6 is 0 Å². The van der Waals surface area contributed by atoms with E-state index >= 15 is 0 Å². The van der Waals surface area contributed by atoms with Gasteiger partial charge in [0.1, 0.15) is 5.82 Å². The van der Waals surface area contributed by atoms with Gasteiger partial charge in [0.05, 0.1) is 6.54 Å². The van der Waals surface area contributed by atoms with Gasteiger partial charge in [-0.05, 0) is 18.6 Å². The molecule has 1 N–H and O–H groups in total. The molecule has 0 saturated carbocycles. The summed E-state index contributed by atoms with van der Waals surface area (Å²) in [5.74, 6) is 1.95. The molecule has 0 spiro atoms. The van der Waals surface area contributed by atoms with E-state index in [1.807, 2.05) is 6.92 Å². The molecule has 2 aromatic heterocycles. The lowest BCUT2D eigenvalue weighted by Gasteiger charge is -2.15. The minimum Gasteiger partial charge on any atom is -0.361 e. The van der Waals surface area contributed by atoms with Crippen molar-refractivity contribution >= 4 is 10.9 Å². The lowest BCUT2D eigenvalue weighted by atomic mass is 10.0. The standard InChI is InChI=1S/C12H10N4/c1-7-14-15-12-9-3-2-4-10-11(9)8(5-13-10)6-16(7)12/h2-5,13H,6H2,1H3. The zero-order chi connectivity index (χ0) is 10.7. The smallest absolute Gasteiger partial charge is 0.164 e. The van der Waals surface area contributed by atoms with E-state index in [1.165, 1.54) is 22.0 Å². The van der Waals surface area contributed by atoms with Crippen LogP contribution in [0.5, 0.6) is 0 Å². The summed E-state index contributed by atoms with van der Waals surface area (Å²) in [5.41, 5.74) is 3.68. The number of aryl methyl sites for hydroxylation is 1. The Kier molecular flexibility index (Phi) is 1.28. The highest BCUT2D eigenvalue weighted by atomic mass is 15.3. The Balaban J connectivity index is 2.21. The van der Waals surface area contributed by atoms with Crippen LogP contribution in [-0.2, 0) is 6.54 Å². The minimum absolute atomic E-state index is 0.866. The van der Waals surface area contributed by atoms with Gasteiger partial charge in [-0.25, -0.2) is 0 Å². The summed E-state index contributed by atoms with van der Waals surface area (Å²) in [6, 6.07) is 6.26. The summed E-state index contributed by atoms with van der Waals surface area (Å²) in [7, 11) is 0. The number of aromatic nitrogens is 4. The first kappa shape index (κ1) is 8.10. The Morgan fingerprint density at radius 1 is 1.31 bits per heavy atom. The molecule has 0 fully saturated rings. The predicted molar refractivity (Wildman–Crippen MR) is 61.2 cm³/mol. The second-order valence-electron chi connectivity index (χ2n) is 4.20. The van der Waals surface area contributed by atoms with E-state index in [0.29, 0.717) is 0 Å². The van der Waals surface area contributed by atoms with Gasteiger partial charge in [0.2, 0.25) is 0 Å². The van der Waals surface area contributed by atoms with E-state index < -0.39 is 0 Å². The van der Waals surface area contributed by atoms with Gasteiger partial charge < -0.3 is 9.55 Å². The van der Waals surface area contributed by atoms with Crippen LogP contribution in [0.15, 0.2) is 24.4 Å². The average molecular weight is 210 g/mol. The van der Waals surface area contributed by atoms with Gasteiger partial charge in [0.25, 0.3) is 0 Å². The molecule has 4 heteroatoms. The third-order valence-electron chi connectivity index (χ3n) is 3.29. The second-order valence-corrected chi connectivity index (χ2v) is 4.20. The maximum absolute atomic E-state index is 4.26. The Morgan fingerprint density at radius 2 is 2.25 bits per heavy atom. The van der Waals surface area contributed by atoms with Gasteiger partial charge in [-0.3, -0.25) is 0 Å². The maximum atomic E-state index is 4.26. The zero-order valence-corrected chi connectivity index (χ0v) is 8.86. The van der Waals surface area contributed by atoms with E-state index in [1.54, 1.807) is 0 Å². The molecule has 1 aliphatic rings. The van der Waals surface area contributed by atoms with Crippen LogP contribution in [-0.4, -0.2) is 19.7 Å². The molecule has 0 bridgehead atoms. The number of aromatic amines is 1. The van der Waals surface area contributed by atoms with Gasteiger partial charge >= 0.3 is 0 Å². The summed E-state index contributed by atoms with van der Waals surface area (Å²) in [6.07, 6.45) is 2.08. The van der Waals surface area contributed by atoms with Crippen LogP contribution in [0.3, 0.4) is 0 Å². The number of hydrogen-bond donors (Lipinski definition) is 1. The van der Waals surface area contributed by atoms with Crippen molar-refractivity contribution in [2.75, 3.05) is 0 Å². The Morgan fingerprint density at radius 3 is 3.19 bits per heavy atom. The molecule has 1 aliphatic heterocycles. The summed E-state index contributed by atoms with van der Waals surface area (Å²) >= 11 is 0. The molecule has 0 amide bonds. The van der Waals surface area contributed by atoms with E-state index in [-0.39, 0.29) is 0 Å². The number of nitrogens with zero attached hydrogens (tertiary/aromatic N) is 3. The average Bonchev–Trinajstić information content (AvgIpc) is 2.87. The van der Waals surface area contributed by atoms with Crippen molar-refractivity contribution in [3.05, 3.63) is 35.8 Å². The molecule has 3 aromatic rings. The fourth-order valence-electron chi connectivity index (χ4n) is 2.51. The maximum Gasteiger partial charge on any atom is 0.164 e. The van der Waals surface area contributed by atoms with Crippen molar-refractivity contribution in [3.8, 4) is 11.4 Å². The van der Waals surface area contributed by atoms with Crippen LogP contribution in [0, 0.1) is 6.92 Å². The molecule has 3 heterocycles. The van der Waals surface area contributed by atoms with Crippen molar-refractivity contribution in [3.63, 3.8) is 0 Å². The van der Waals surface area contributed by atoms with Crippen LogP contribution in [0.25, 0.3) is 22.3 Å². The zero-order valence-electron chi connectivity index (χ0n) is 8.86. The molecule has 4 nitrogen and oxygen atoms in total. The first-order valence-corrected chi connectivity index (χ1v) is 5.34. The highest BCUT2D eigenvalue weighted by Crippen LogP contribution is 2.34. The number of H-pyrrole nitrogens is 1. The molecule has 78 valence electrons. The number of hydrogen-bond acceptors (Lipinski definition) is 2. The molecule has 0 aliphatic carbocycles. The lowest BCUT2D eigenvalue weighted by molar-refractivity contribution is 0.766. The first-order chi connectivity index (χ1) is 7.84. The van der Waals surface area contributed by atoms with Gasteiger partial charge in [0, 0.05) is 22.7 Å². The second kappa shape index (κ2) is 2.52. The van der Waals surface area contributed by atoms with E-state index in [4.69, 9.17) is 0 Å². The van der Waals surface area contributed by atoms with Crippen LogP contribution < -0.4 is 0 Å². The Hall–Kier alpha value is -2.10. The number of nitrogens with one attached hydrogen (secondary N) is 1. The van der Waals surface area contributed by atoms with Crippen molar-refractivity contribution in [1.29, 1.82) is 0 Å². The van der Waals surface area contributed by atoms with Crippen molar-refractivity contribution < 1.29 is 0 Å². The van der Waals surface area contributed by atoms with E-state index in [9.17, 15) is 0 Å². The molecule has 16 heavy (non-hydrogen) atoms. The Bertz CT molecular complexity index is 705. The van der Waals surface area contributed by atoms with E-state index in [2.05, 4.69) is 44.1 Å². The first-order valence-electron chi connectivity index (χ1n) is 5.34. The quantitative estimate of drug-likeness (QED) is 0.483. The van der Waals surface area contributed by atoms with Gasteiger partial charge in [-0.1, -0.05) is 12.1 Å². The molecule has 4 rings (SSSR count). The van der Waals surface area contributed by atoms with Crippen molar-refractivity contribution in [2.24, 2.45) is 0 Å². The van der Waals surface area contributed by atoms with Crippen molar-refractivity contribution in [1.82, 2.24) is 19.7 Å². The number of fused-ring (bicyclic) bond motifs is 2. The largest absolute Gasteiger partial charge is 0.361 e. The van der Waals surface area contributed by atoms with Gasteiger partial charge in [-0.2, -0.15) is 0 Å². The summed E-state index contributed by atoms with van der Waals surface area (Å²) < 4.78 is 2.16. The van der Waals surface area contributed by atoms with E-state index in [0.717, 1.165) is 18.2 Å². The lowest BCUT2D eigenvalue weighted by Crippen LogP contribution is -2.08. The molecular formula is C12H10N4. The predicted octanol–water partition coefficient (Wildman–Crippen LogP) is 2.10. The summed E-state index contributed by atoms with van der Waals surface area (Å²) in [4.78, 5) is 3.30. The Labute approximate surface area is 91.9 Å². The fraction of sp³-hybridized carbons (Fsp3) is 0.167. The fourth-order valence-corrected chi connectivity index (χ4v) is 2.51. The summed E-state index contributed by atoms with van der Waals surface area (Å²) in [5, 5.41) is 9.70. The third-order valence-corrected chi connectivity index (χ3v) is 3.29. The van der Waals surface area contributed by atoms with Crippen LogP contribution in [0.4, 0.5) is 0 Å². The minimum atomic E-state index is 0.866. The topological polar surface area (TPSA) is 46.5 Å². The molecule has 1 aromatic carbocycles. The molecule has 0 unspecified atom stereocenters. The van der Waals surface area contributed by atoms with Crippen molar-refractivity contribution in [2.45, 2.75) is 13.5 Å². The van der Waals surface area contributed by atoms with Gasteiger partial charge in [0.15, 0.2) is 5.82 Å². The third kappa shape index (κ3) is 0.805. The van der Waals surface area contributed by atoms with Gasteiger partial charge in [-0.15, -0.1) is 10.2 Å². The highest BCUT2D eigenvalue weighted by molar-refractivity contribution is 5.97. The number of benzene rings is 1. The summed E-state index contributed by atoms with van der Waals surface area (Å²) in [6.45, 7) is 2.86. The normalized spacial score (nSPS) is 13.1. The molecule has 0 atom stereocenters. The molecule has 0 radical (unpaired) electrons. The molecule has 0 saturated heterocycles. The van der Waals surface area contributed by atoms with Crippen LogP contribution in [0.1, 0.15) is 11.4 Å². The van der Waals surface area contributed by atoms with Crippen LogP contribution in [0.2, 0.25) is 0 Å². The number of rotatable bonds is 0. The SMILES string of the molecule is Cc1nnc2n1Cc1c[nH]c3cccc-2c13. The highest BCUT2D eigenvalue weighted by Gasteiger charge is 2.21.